The van der Waals surface area contributed by atoms with Crippen molar-refractivity contribution in [2.45, 2.75) is 137 Å². The molecule has 1 aliphatic carbocycles. The Balaban J connectivity index is 0.000000257. The van der Waals surface area contributed by atoms with Gasteiger partial charge in [0.15, 0.2) is 11.6 Å². The van der Waals surface area contributed by atoms with Crippen molar-refractivity contribution >= 4 is 46.8 Å². The number of unbranched alkanes of at least 4 members (excludes halogenated alkanes) is 2. The second-order valence-electron chi connectivity index (χ2n) is 18.8. The van der Waals surface area contributed by atoms with Crippen LogP contribution >= 0.6 is 0 Å². The maximum atomic E-state index is 13.8. The molecule has 13 heteroatoms. The van der Waals surface area contributed by atoms with Crippen molar-refractivity contribution in [3.63, 3.8) is 0 Å². The lowest BCUT2D eigenvalue weighted by Gasteiger charge is -2.28. The zero-order valence-electron chi connectivity index (χ0n) is 43.1. The Morgan fingerprint density at radius 2 is 1.64 bits per heavy atom. The summed E-state index contributed by atoms with van der Waals surface area (Å²) in [6.45, 7) is 14.4. The topological polar surface area (TPSA) is 120 Å². The number of rotatable bonds is 21. The number of carbonyl (C=O) groups is 4. The number of piperidine rings is 1. The molecule has 1 saturated heterocycles. The highest BCUT2D eigenvalue weighted by atomic mass is 19.4. The molecule has 2 aromatic heterocycles. The van der Waals surface area contributed by atoms with Crippen molar-refractivity contribution in [2.24, 2.45) is 24.8 Å². The third kappa shape index (κ3) is 16.5. The number of aryl methyl sites for hydroxylation is 1. The van der Waals surface area contributed by atoms with Crippen molar-refractivity contribution in [3.8, 4) is 22.8 Å². The van der Waals surface area contributed by atoms with Gasteiger partial charge in [-0.15, -0.1) is 0 Å². The lowest BCUT2D eigenvalue weighted by atomic mass is 9.91. The number of Topliss-reactive ketones (excluding diaryl/α,β-unsaturated/α-hetero) is 2. The molecule has 3 heterocycles. The Hall–Kier alpha value is -5.56. The number of amides is 1. The number of ether oxygens (including phenoxy) is 2. The third-order valence-corrected chi connectivity index (χ3v) is 13.4. The van der Waals surface area contributed by atoms with Gasteiger partial charge in [0, 0.05) is 77.4 Å². The van der Waals surface area contributed by atoms with Gasteiger partial charge in [0.25, 0.3) is 0 Å². The van der Waals surface area contributed by atoms with Crippen LogP contribution in [-0.2, 0) is 22.8 Å². The van der Waals surface area contributed by atoms with Gasteiger partial charge in [-0.25, -0.2) is 4.98 Å². The summed E-state index contributed by atoms with van der Waals surface area (Å²) in [6, 6.07) is 12.2. The minimum absolute atomic E-state index is 0.00171. The number of ketones is 2. The van der Waals surface area contributed by atoms with Crippen LogP contribution in [0.1, 0.15) is 163 Å². The minimum atomic E-state index is -4.53. The van der Waals surface area contributed by atoms with Gasteiger partial charge in [0.1, 0.15) is 23.7 Å². The van der Waals surface area contributed by atoms with Crippen molar-refractivity contribution in [3.05, 3.63) is 88.8 Å². The van der Waals surface area contributed by atoms with Gasteiger partial charge >= 0.3 is 6.18 Å². The van der Waals surface area contributed by atoms with Crippen LogP contribution in [0.2, 0.25) is 0 Å². The molecule has 0 spiro atoms. The molecular weight excluding hydrogens is 894 g/mol. The second-order valence-corrected chi connectivity index (χ2v) is 18.8. The Kier molecular flexibility index (Phi) is 23.1. The fourth-order valence-corrected chi connectivity index (χ4v) is 8.51. The van der Waals surface area contributed by atoms with Crippen LogP contribution in [0.3, 0.4) is 0 Å². The zero-order chi connectivity index (χ0) is 51.4. The summed E-state index contributed by atoms with van der Waals surface area (Å²) in [4.78, 5) is 51.7. The van der Waals surface area contributed by atoms with Crippen LogP contribution in [0.5, 0.6) is 11.6 Å². The van der Waals surface area contributed by atoms with Gasteiger partial charge in [-0.3, -0.25) is 14.4 Å². The fourth-order valence-electron chi connectivity index (χ4n) is 8.51. The quantitative estimate of drug-likeness (QED) is 0.0498. The van der Waals surface area contributed by atoms with Crippen molar-refractivity contribution in [1.29, 1.82) is 0 Å². The summed E-state index contributed by atoms with van der Waals surface area (Å²) in [5.41, 5.74) is 4.39. The van der Waals surface area contributed by atoms with E-state index < -0.39 is 11.7 Å². The summed E-state index contributed by atoms with van der Waals surface area (Å²) in [6.07, 6.45) is 18.6. The number of aldehydes is 1. The first kappa shape index (κ1) is 57.0. The van der Waals surface area contributed by atoms with E-state index in [-0.39, 0.29) is 41.3 Å². The average molecular weight is 971 g/mol. The van der Waals surface area contributed by atoms with Gasteiger partial charge in [-0.05, 0) is 140 Å². The molecule has 1 aliphatic heterocycles. The van der Waals surface area contributed by atoms with Crippen LogP contribution in [0.15, 0.2) is 60.8 Å². The molecule has 6 rings (SSSR count). The predicted molar refractivity (Wildman–Crippen MR) is 276 cm³/mol. The van der Waals surface area contributed by atoms with Crippen LogP contribution in [0, 0.1) is 17.8 Å². The average Bonchev–Trinajstić information content (AvgIpc) is 3.60. The molecule has 0 bridgehead atoms. The number of hydrogen-bond donors (Lipinski definition) is 1. The van der Waals surface area contributed by atoms with E-state index in [1.165, 1.54) is 58.3 Å². The number of alkyl halides is 3. The number of likely N-dealkylation sites (tertiary alicyclic amines) is 1. The minimum Gasteiger partial charge on any atom is -0.494 e. The fraction of sp³-hybridized carbons (Fsp3) is 0.526. The van der Waals surface area contributed by atoms with Crippen LogP contribution in [0.25, 0.3) is 34.2 Å². The van der Waals surface area contributed by atoms with Gasteiger partial charge in [0.05, 0.1) is 6.61 Å². The Morgan fingerprint density at radius 1 is 0.914 bits per heavy atom. The number of nitrogens with one attached hydrogen (secondary N) is 1. The number of carbonyl (C=O) groups excluding carboxylic acids is 4. The highest BCUT2D eigenvalue weighted by Gasteiger charge is 2.37. The van der Waals surface area contributed by atoms with E-state index in [0.29, 0.717) is 47.5 Å². The Labute approximate surface area is 414 Å². The summed E-state index contributed by atoms with van der Waals surface area (Å²) < 4.78 is 54.7. The number of nitrogens with zero attached hydrogens (tertiary/aromatic N) is 3. The Bertz CT molecular complexity index is 2390. The summed E-state index contributed by atoms with van der Waals surface area (Å²) in [5, 5.41) is 3.58. The van der Waals surface area contributed by atoms with E-state index in [2.05, 4.69) is 45.9 Å². The molecule has 2 aliphatic rings. The summed E-state index contributed by atoms with van der Waals surface area (Å²) in [5.74, 6) is 1.08. The molecule has 2 aromatic carbocycles. The molecule has 382 valence electrons. The van der Waals surface area contributed by atoms with E-state index in [1.54, 1.807) is 19.2 Å². The standard InChI is InChI=1S/C26H27F3N2O.C24H37NO3.C7H13NO2/c1-4-6-11-20-21-13-12-17(15-24(21)31(3)23(20)8-5-2)18-14-22(26(27,28)29)25(30-16-18)32-19-9-7-10-19;1-5-18(2)24(27)22-11-10-21(17-23(22)19(3)26)28-16-8-6-7-9-20-12-14-25(4)15-13-20;1-6(4-3-5-9)7(10)8-2/h5-6,8,11-16,19H,4,7,9-10H2,1-3H3;10-11,17-18,20H,5-9,12-16H2,1-4H3;5-6H,3-4H2,1-2H3,(H,8,10)/b8-5-,11-6+;;. The van der Waals surface area contributed by atoms with E-state index in [0.717, 1.165) is 79.0 Å². The normalized spacial score (nSPS) is 15.4. The number of hydrogen-bond acceptors (Lipinski definition) is 8. The van der Waals surface area contributed by atoms with E-state index >= 15 is 0 Å². The van der Waals surface area contributed by atoms with Gasteiger partial charge < -0.3 is 29.1 Å². The molecule has 4 aromatic rings. The number of fused-ring (bicyclic) bond motifs is 1. The van der Waals surface area contributed by atoms with Gasteiger partial charge in [-0.1, -0.05) is 77.3 Å². The monoisotopic (exact) mass is 971 g/mol. The van der Waals surface area contributed by atoms with E-state index in [4.69, 9.17) is 9.47 Å². The molecular formula is C57H77F3N4O6. The van der Waals surface area contributed by atoms with Crippen LogP contribution in [-0.4, -0.2) is 78.1 Å². The number of aromatic nitrogens is 2. The van der Waals surface area contributed by atoms with Crippen molar-refractivity contribution < 1.29 is 41.8 Å². The van der Waals surface area contributed by atoms with Gasteiger partial charge in [-0.2, -0.15) is 13.2 Å². The maximum absolute atomic E-state index is 13.8. The molecule has 0 radical (unpaired) electrons. The van der Waals surface area contributed by atoms with Gasteiger partial charge in [0.2, 0.25) is 11.8 Å². The first-order valence-electron chi connectivity index (χ1n) is 25.3. The molecule has 10 nitrogen and oxygen atoms in total. The molecule has 2 atom stereocenters. The first-order valence-corrected chi connectivity index (χ1v) is 25.3. The van der Waals surface area contributed by atoms with Crippen LogP contribution < -0.4 is 14.8 Å². The Morgan fingerprint density at radius 3 is 2.24 bits per heavy atom. The van der Waals surface area contributed by atoms with E-state index in [1.807, 2.05) is 71.2 Å². The third-order valence-electron chi connectivity index (χ3n) is 13.4. The van der Waals surface area contributed by atoms with E-state index in [9.17, 15) is 32.3 Å². The maximum Gasteiger partial charge on any atom is 0.421 e. The smallest absolute Gasteiger partial charge is 0.421 e. The highest BCUT2D eigenvalue weighted by molar-refractivity contribution is 6.09. The largest absolute Gasteiger partial charge is 0.494 e. The molecule has 1 amide bonds. The molecule has 2 fully saturated rings. The van der Waals surface area contributed by atoms with Crippen molar-refractivity contribution in [1.82, 2.24) is 19.8 Å². The molecule has 70 heavy (non-hydrogen) atoms. The predicted octanol–water partition coefficient (Wildman–Crippen LogP) is 13.4. The van der Waals surface area contributed by atoms with Crippen molar-refractivity contribution in [2.75, 3.05) is 33.8 Å². The SMILES string of the molecule is C/C=C\c1c(/C=C/CC)c2ccc(-c3cnc(OC4CCC4)c(C(F)(F)F)c3)cc2n1C.CCC(C)C(=O)c1ccc(OCCCCCC2CCN(C)CC2)cc1C(C)=O.CNC(=O)C(C)CCC=O. The molecule has 1 saturated carbocycles. The second kappa shape index (κ2) is 28.3. The van der Waals surface area contributed by atoms with Crippen LogP contribution in [0.4, 0.5) is 13.2 Å². The summed E-state index contributed by atoms with van der Waals surface area (Å²) in [7, 11) is 5.78. The number of halogens is 3. The number of pyridine rings is 1. The summed E-state index contributed by atoms with van der Waals surface area (Å²) >= 11 is 0. The molecule has 2 unspecified atom stereocenters. The molecule has 1 N–H and O–H groups in total. The number of allylic oxidation sites excluding steroid dienone is 2. The first-order chi connectivity index (χ1) is 33.5. The lowest BCUT2D eigenvalue weighted by Crippen LogP contribution is -2.30. The highest BCUT2D eigenvalue weighted by Crippen LogP contribution is 2.40. The number of benzene rings is 2. The lowest BCUT2D eigenvalue weighted by molar-refractivity contribution is -0.140. The zero-order valence-corrected chi connectivity index (χ0v) is 43.1.